The van der Waals surface area contributed by atoms with Gasteiger partial charge in [-0.3, -0.25) is 0 Å². The van der Waals surface area contributed by atoms with Crippen LogP contribution in [0.2, 0.25) is 0 Å². The molecule has 0 N–H and O–H groups in total. The van der Waals surface area contributed by atoms with Gasteiger partial charge >= 0.3 is 0 Å². The van der Waals surface area contributed by atoms with Gasteiger partial charge in [0.15, 0.2) is 0 Å². The summed E-state index contributed by atoms with van der Waals surface area (Å²) in [5.41, 5.74) is 10.0. The molecule has 0 fully saturated rings. The standard InChI is InChI=1S/C37H42N2.4C2H6/c1-9-17-24-32-33-25-18-19-26-37(33)39(36(32)23-13-5)29(15-7)27-28(14-6)38-34(21-11-3)30(16-8)31(20-10-2)35(38)22-12-4;4*1-2/h10-27H,6,8-9H2,1-5,7H3;4*1-2H3/b20-10-,21-11-,22-12-,23-13-,24-17-,28-27+,29-15+;;;;. The lowest BCUT2D eigenvalue weighted by molar-refractivity contribution is 1.08. The minimum absolute atomic E-state index is 0.984. The molecule has 0 radical (unpaired) electrons. The van der Waals surface area contributed by atoms with Crippen molar-refractivity contribution in [1.82, 2.24) is 9.13 Å². The summed E-state index contributed by atoms with van der Waals surface area (Å²) < 4.78 is 4.63. The summed E-state index contributed by atoms with van der Waals surface area (Å²) in [6, 6.07) is 8.63. The van der Waals surface area contributed by atoms with Gasteiger partial charge in [-0.2, -0.15) is 0 Å². The van der Waals surface area contributed by atoms with Crippen LogP contribution in [0.4, 0.5) is 0 Å². The Labute approximate surface area is 290 Å². The van der Waals surface area contributed by atoms with Crippen molar-refractivity contribution in [3.05, 3.63) is 120 Å². The number of aromatic nitrogens is 2. The lowest BCUT2D eigenvalue weighted by atomic mass is 10.1. The van der Waals surface area contributed by atoms with E-state index in [-0.39, 0.29) is 0 Å². The summed E-state index contributed by atoms with van der Waals surface area (Å²) in [7, 11) is 0. The molecule has 2 heterocycles. The highest BCUT2D eigenvalue weighted by atomic mass is 15.0. The summed E-state index contributed by atoms with van der Waals surface area (Å²) in [5, 5.41) is 1.23. The van der Waals surface area contributed by atoms with Gasteiger partial charge in [0.05, 0.1) is 22.6 Å². The second kappa shape index (κ2) is 26.9. The maximum atomic E-state index is 4.26. The van der Waals surface area contributed by atoms with E-state index in [1.54, 1.807) is 0 Å². The molecule has 256 valence electrons. The van der Waals surface area contributed by atoms with Gasteiger partial charge < -0.3 is 9.13 Å². The lowest BCUT2D eigenvalue weighted by Gasteiger charge is -2.16. The maximum Gasteiger partial charge on any atom is 0.0540 e. The zero-order chi connectivity index (χ0) is 36.4. The third-order valence-corrected chi connectivity index (χ3v) is 6.62. The predicted octanol–water partition coefficient (Wildman–Crippen LogP) is 15.3. The van der Waals surface area contributed by atoms with E-state index in [9.17, 15) is 0 Å². The third-order valence-electron chi connectivity index (χ3n) is 6.62. The van der Waals surface area contributed by atoms with Crippen LogP contribution in [0.3, 0.4) is 0 Å². The largest absolute Gasteiger partial charge is 0.310 e. The number of rotatable bonds is 11. The zero-order valence-electron chi connectivity index (χ0n) is 32.4. The minimum Gasteiger partial charge on any atom is -0.310 e. The van der Waals surface area contributed by atoms with E-state index in [2.05, 4.69) is 147 Å². The van der Waals surface area contributed by atoms with E-state index in [1.807, 2.05) is 81.4 Å². The zero-order valence-corrected chi connectivity index (χ0v) is 32.4. The summed E-state index contributed by atoms with van der Waals surface area (Å²) in [6.07, 6.45) is 30.8. The average Bonchev–Trinajstić information content (AvgIpc) is 3.59. The first-order valence-corrected chi connectivity index (χ1v) is 17.8. The van der Waals surface area contributed by atoms with Crippen molar-refractivity contribution in [1.29, 1.82) is 0 Å². The van der Waals surface area contributed by atoms with Crippen LogP contribution in [-0.4, -0.2) is 9.13 Å². The fourth-order valence-electron chi connectivity index (χ4n) is 5.06. The molecular weight excluding hydrogens is 569 g/mol. The number of para-hydroxylation sites is 1. The Hall–Kier alpha value is -4.30. The van der Waals surface area contributed by atoms with Crippen LogP contribution < -0.4 is 0 Å². The number of hydrogen-bond donors (Lipinski definition) is 0. The summed E-state index contributed by atoms with van der Waals surface area (Å²) in [4.78, 5) is 0. The van der Waals surface area contributed by atoms with Crippen LogP contribution in [0.1, 0.15) is 137 Å². The summed E-state index contributed by atoms with van der Waals surface area (Å²) in [5.74, 6) is 0. The van der Waals surface area contributed by atoms with E-state index >= 15 is 0 Å². The molecule has 47 heavy (non-hydrogen) atoms. The van der Waals surface area contributed by atoms with Gasteiger partial charge in [-0.15, -0.1) is 0 Å². The molecule has 2 aromatic heterocycles. The Morgan fingerprint density at radius 3 is 1.53 bits per heavy atom. The predicted molar refractivity (Wildman–Crippen MR) is 224 cm³/mol. The van der Waals surface area contributed by atoms with E-state index in [0.29, 0.717) is 0 Å². The van der Waals surface area contributed by atoms with Crippen LogP contribution in [0.15, 0.2) is 86.0 Å². The van der Waals surface area contributed by atoms with Crippen molar-refractivity contribution < 1.29 is 0 Å². The van der Waals surface area contributed by atoms with Crippen LogP contribution in [0.5, 0.6) is 0 Å². The van der Waals surface area contributed by atoms with Crippen LogP contribution >= 0.6 is 0 Å². The number of hydrogen-bond acceptors (Lipinski definition) is 0. The van der Waals surface area contributed by atoms with Gasteiger partial charge in [0.2, 0.25) is 0 Å². The molecule has 3 rings (SSSR count). The van der Waals surface area contributed by atoms with Crippen molar-refractivity contribution in [3.8, 4) is 0 Å². The third kappa shape index (κ3) is 11.2. The van der Waals surface area contributed by atoms with E-state index < -0.39 is 0 Å². The second-order valence-corrected chi connectivity index (χ2v) is 9.09. The fraction of sp³-hybridized carbons (Fsp3) is 0.333. The molecule has 0 aliphatic carbocycles. The van der Waals surface area contributed by atoms with Gasteiger partial charge in [0.25, 0.3) is 0 Å². The first-order chi connectivity index (χ1) is 23.1. The topological polar surface area (TPSA) is 9.86 Å². The van der Waals surface area contributed by atoms with Crippen LogP contribution in [0, 0.1) is 0 Å². The lowest BCUT2D eigenvalue weighted by Crippen LogP contribution is -2.04. The molecule has 0 aliphatic rings. The molecule has 0 saturated heterocycles. The van der Waals surface area contributed by atoms with Gasteiger partial charge in [0, 0.05) is 33.5 Å². The first kappa shape index (κ1) is 44.8. The van der Waals surface area contributed by atoms with Gasteiger partial charge in [-0.25, -0.2) is 0 Å². The molecule has 0 unspecified atom stereocenters. The number of fused-ring (bicyclic) bond motifs is 1. The molecule has 2 nitrogen and oxygen atoms in total. The Bertz CT molecular complexity index is 1550. The molecule has 0 bridgehead atoms. The monoisotopic (exact) mass is 635 g/mol. The molecule has 0 spiro atoms. The SMILES string of the molecule is C=C/C(=C\C(=C/C)n1c(/C=C\C)c(/C=C\CC)c2ccccc21)n1c(/C=C\C)c(C=C)c(/C=C\C)c1/C=C\C.CC.CC.CC.CC. The quantitative estimate of drug-likeness (QED) is 0.186. The molecule has 3 aromatic rings. The van der Waals surface area contributed by atoms with Crippen molar-refractivity contribution >= 4 is 58.8 Å². The van der Waals surface area contributed by atoms with Crippen molar-refractivity contribution in [3.63, 3.8) is 0 Å². The average molecular weight is 635 g/mol. The molecular formula is C45H66N2. The molecule has 0 amide bonds. The van der Waals surface area contributed by atoms with Crippen molar-refractivity contribution in [2.24, 2.45) is 0 Å². The summed E-state index contributed by atoms with van der Waals surface area (Å²) >= 11 is 0. The number of nitrogens with zero attached hydrogens (tertiary/aromatic N) is 2. The first-order valence-electron chi connectivity index (χ1n) is 17.8. The number of allylic oxidation sites excluding steroid dienone is 10. The highest BCUT2D eigenvalue weighted by Crippen LogP contribution is 2.35. The molecule has 2 heteroatoms. The smallest absolute Gasteiger partial charge is 0.0540 e. The second-order valence-electron chi connectivity index (χ2n) is 9.09. The van der Waals surface area contributed by atoms with Gasteiger partial charge in [0.1, 0.15) is 0 Å². The van der Waals surface area contributed by atoms with E-state index in [1.165, 1.54) is 16.5 Å². The molecule has 1 aromatic carbocycles. The highest BCUT2D eigenvalue weighted by Gasteiger charge is 2.20. The van der Waals surface area contributed by atoms with Crippen molar-refractivity contribution in [2.45, 2.75) is 103 Å². The Balaban J connectivity index is 0. The maximum absolute atomic E-state index is 4.26. The van der Waals surface area contributed by atoms with Crippen LogP contribution in [0.25, 0.3) is 58.8 Å². The van der Waals surface area contributed by atoms with E-state index in [4.69, 9.17) is 0 Å². The minimum atomic E-state index is 0.984. The number of benzene rings is 1. The summed E-state index contributed by atoms with van der Waals surface area (Å²) in [6.45, 7) is 36.9. The Kier molecular flexibility index (Phi) is 25.6. The molecule has 0 aliphatic heterocycles. The normalized spacial score (nSPS) is 11.7. The van der Waals surface area contributed by atoms with Crippen molar-refractivity contribution in [2.75, 3.05) is 0 Å². The van der Waals surface area contributed by atoms with Gasteiger partial charge in [-0.1, -0.05) is 148 Å². The highest BCUT2D eigenvalue weighted by molar-refractivity contribution is 5.98. The van der Waals surface area contributed by atoms with Gasteiger partial charge in [-0.05, 0) is 77.5 Å². The van der Waals surface area contributed by atoms with Crippen LogP contribution in [-0.2, 0) is 0 Å². The Morgan fingerprint density at radius 2 is 1.09 bits per heavy atom. The Morgan fingerprint density at radius 1 is 0.596 bits per heavy atom. The fourth-order valence-corrected chi connectivity index (χ4v) is 5.06. The van der Waals surface area contributed by atoms with E-state index in [0.717, 1.165) is 46.0 Å². The molecule has 0 atom stereocenters. The molecule has 0 saturated carbocycles.